The van der Waals surface area contributed by atoms with Crippen LogP contribution in [0.25, 0.3) is 0 Å². The lowest BCUT2D eigenvalue weighted by Gasteiger charge is -2.34. The minimum absolute atomic E-state index is 0.105. The zero-order valence-electron chi connectivity index (χ0n) is 11.7. The molecule has 17 heavy (non-hydrogen) atoms. The van der Waals surface area contributed by atoms with Crippen molar-refractivity contribution in [3.8, 4) is 0 Å². The van der Waals surface area contributed by atoms with Gasteiger partial charge in [0.2, 0.25) is 0 Å². The Labute approximate surface area is 106 Å². The largest absolute Gasteiger partial charge is 0.395 e. The fourth-order valence-corrected chi connectivity index (χ4v) is 2.84. The quantitative estimate of drug-likeness (QED) is 0.773. The number of rotatable bonds is 5. The Kier molecular flexibility index (Phi) is 6.45. The first-order valence-electron chi connectivity index (χ1n) is 7.15. The monoisotopic (exact) mass is 242 g/mol. The van der Waals surface area contributed by atoms with Gasteiger partial charge in [-0.05, 0) is 50.6 Å². The van der Waals surface area contributed by atoms with E-state index in [0.717, 1.165) is 25.4 Å². The van der Waals surface area contributed by atoms with Crippen LogP contribution in [0.1, 0.15) is 46.5 Å². The second kappa shape index (κ2) is 7.34. The molecular weight excluding hydrogens is 212 g/mol. The Hall–Kier alpha value is -0.120. The van der Waals surface area contributed by atoms with Crippen LogP contribution in [0.5, 0.6) is 0 Å². The second-order valence-electron chi connectivity index (χ2n) is 6.12. The summed E-state index contributed by atoms with van der Waals surface area (Å²) in [5, 5.41) is 9.60. The molecule has 0 saturated carbocycles. The molecule has 0 aromatic carbocycles. The average molecular weight is 242 g/mol. The van der Waals surface area contributed by atoms with E-state index in [1.807, 2.05) is 0 Å². The smallest absolute Gasteiger partial charge is 0.0601 e. The fraction of sp³-hybridized carbons (Fsp3) is 1.00. The lowest BCUT2D eigenvalue weighted by Crippen LogP contribution is -2.51. The number of nitrogens with zero attached hydrogens (tertiary/aromatic N) is 1. The standard InChI is InChI=1S/C14H30N2O/c1-11(2)9-13(15)14(10-17)16-7-4-5-12(3)6-8-16/h11-14,17H,4-10,15H2,1-3H3. The van der Waals surface area contributed by atoms with Gasteiger partial charge in [0.1, 0.15) is 0 Å². The van der Waals surface area contributed by atoms with Crippen molar-refractivity contribution in [1.82, 2.24) is 4.90 Å². The SMILES string of the molecule is CC(C)CC(N)C(CO)N1CCCC(C)CC1. The van der Waals surface area contributed by atoms with E-state index in [-0.39, 0.29) is 18.7 Å². The van der Waals surface area contributed by atoms with E-state index in [1.165, 1.54) is 19.3 Å². The molecule has 0 aromatic rings. The van der Waals surface area contributed by atoms with E-state index >= 15 is 0 Å². The summed E-state index contributed by atoms with van der Waals surface area (Å²) in [6.07, 6.45) is 4.79. The molecule has 0 bridgehead atoms. The van der Waals surface area contributed by atoms with Gasteiger partial charge in [0, 0.05) is 12.1 Å². The zero-order valence-corrected chi connectivity index (χ0v) is 11.7. The van der Waals surface area contributed by atoms with Gasteiger partial charge in [0.25, 0.3) is 0 Å². The van der Waals surface area contributed by atoms with Crippen LogP contribution < -0.4 is 5.73 Å². The van der Waals surface area contributed by atoms with Crippen molar-refractivity contribution in [2.45, 2.75) is 58.5 Å². The molecule has 0 spiro atoms. The minimum Gasteiger partial charge on any atom is -0.395 e. The van der Waals surface area contributed by atoms with E-state index in [4.69, 9.17) is 5.73 Å². The van der Waals surface area contributed by atoms with Crippen molar-refractivity contribution in [3.05, 3.63) is 0 Å². The molecule has 3 atom stereocenters. The molecule has 1 saturated heterocycles. The molecule has 1 heterocycles. The first-order valence-corrected chi connectivity index (χ1v) is 7.15. The topological polar surface area (TPSA) is 49.5 Å². The zero-order chi connectivity index (χ0) is 12.8. The van der Waals surface area contributed by atoms with Gasteiger partial charge in [-0.3, -0.25) is 4.90 Å². The number of likely N-dealkylation sites (tertiary alicyclic amines) is 1. The third-order valence-electron chi connectivity index (χ3n) is 3.95. The highest BCUT2D eigenvalue weighted by Gasteiger charge is 2.26. The van der Waals surface area contributed by atoms with Crippen molar-refractivity contribution < 1.29 is 5.11 Å². The van der Waals surface area contributed by atoms with Gasteiger partial charge in [0.15, 0.2) is 0 Å². The Morgan fingerprint density at radius 2 is 2.00 bits per heavy atom. The molecule has 3 N–H and O–H groups in total. The van der Waals surface area contributed by atoms with E-state index in [9.17, 15) is 5.11 Å². The highest BCUT2D eigenvalue weighted by atomic mass is 16.3. The van der Waals surface area contributed by atoms with Gasteiger partial charge in [-0.25, -0.2) is 0 Å². The Morgan fingerprint density at radius 3 is 2.59 bits per heavy atom. The van der Waals surface area contributed by atoms with Crippen molar-refractivity contribution in [3.63, 3.8) is 0 Å². The molecule has 0 aliphatic carbocycles. The third-order valence-corrected chi connectivity index (χ3v) is 3.95. The number of hydrogen-bond donors (Lipinski definition) is 2. The minimum atomic E-state index is 0.105. The first kappa shape index (κ1) is 14.9. The Bertz CT molecular complexity index is 208. The van der Waals surface area contributed by atoms with Crippen molar-refractivity contribution in [2.75, 3.05) is 19.7 Å². The molecule has 3 unspecified atom stereocenters. The maximum Gasteiger partial charge on any atom is 0.0601 e. The maximum absolute atomic E-state index is 9.60. The Morgan fingerprint density at radius 1 is 1.29 bits per heavy atom. The van der Waals surface area contributed by atoms with E-state index in [1.54, 1.807) is 0 Å². The molecule has 0 amide bonds. The number of nitrogens with two attached hydrogens (primary N) is 1. The molecular formula is C14H30N2O. The molecule has 3 heteroatoms. The summed E-state index contributed by atoms with van der Waals surface area (Å²) in [5.41, 5.74) is 6.24. The lowest BCUT2D eigenvalue weighted by atomic mass is 9.97. The molecule has 3 nitrogen and oxygen atoms in total. The summed E-state index contributed by atoms with van der Waals surface area (Å²) in [5.74, 6) is 1.42. The van der Waals surface area contributed by atoms with Gasteiger partial charge in [-0.15, -0.1) is 0 Å². The number of aliphatic hydroxyl groups is 1. The van der Waals surface area contributed by atoms with Crippen molar-refractivity contribution >= 4 is 0 Å². The van der Waals surface area contributed by atoms with Crippen LogP contribution >= 0.6 is 0 Å². The molecule has 1 fully saturated rings. The van der Waals surface area contributed by atoms with Gasteiger partial charge in [-0.2, -0.15) is 0 Å². The molecule has 102 valence electrons. The fourth-order valence-electron chi connectivity index (χ4n) is 2.84. The van der Waals surface area contributed by atoms with Crippen LogP contribution in [0.4, 0.5) is 0 Å². The molecule has 1 rings (SSSR count). The molecule has 0 radical (unpaired) electrons. The van der Waals surface area contributed by atoms with Gasteiger partial charge < -0.3 is 10.8 Å². The maximum atomic E-state index is 9.60. The summed E-state index contributed by atoms with van der Waals surface area (Å²) >= 11 is 0. The van der Waals surface area contributed by atoms with Crippen LogP contribution in [-0.4, -0.2) is 41.8 Å². The van der Waals surface area contributed by atoms with E-state index in [2.05, 4.69) is 25.7 Å². The molecule has 1 aliphatic heterocycles. The van der Waals surface area contributed by atoms with Gasteiger partial charge in [-0.1, -0.05) is 20.8 Å². The second-order valence-corrected chi connectivity index (χ2v) is 6.12. The first-order chi connectivity index (χ1) is 8.04. The van der Waals surface area contributed by atoms with Crippen LogP contribution in [0.2, 0.25) is 0 Å². The summed E-state index contributed by atoms with van der Waals surface area (Å²) in [7, 11) is 0. The lowest BCUT2D eigenvalue weighted by molar-refractivity contribution is 0.100. The predicted molar refractivity (Wildman–Crippen MR) is 72.9 cm³/mol. The summed E-state index contributed by atoms with van der Waals surface area (Å²) in [6, 6.07) is 0.260. The van der Waals surface area contributed by atoms with Crippen molar-refractivity contribution in [2.24, 2.45) is 17.6 Å². The number of hydrogen-bond acceptors (Lipinski definition) is 3. The normalized spacial score (nSPS) is 26.8. The Balaban J connectivity index is 2.53. The predicted octanol–water partition coefficient (Wildman–Crippen LogP) is 1.84. The van der Waals surface area contributed by atoms with Crippen LogP contribution in [0.15, 0.2) is 0 Å². The third kappa shape index (κ3) is 4.94. The highest BCUT2D eigenvalue weighted by molar-refractivity contribution is 4.84. The van der Waals surface area contributed by atoms with Crippen LogP contribution in [0, 0.1) is 11.8 Å². The summed E-state index contributed by atoms with van der Waals surface area (Å²) in [4.78, 5) is 2.41. The van der Waals surface area contributed by atoms with E-state index < -0.39 is 0 Å². The molecule has 1 aliphatic rings. The number of aliphatic hydroxyl groups excluding tert-OH is 1. The van der Waals surface area contributed by atoms with Crippen LogP contribution in [0.3, 0.4) is 0 Å². The van der Waals surface area contributed by atoms with E-state index in [0.29, 0.717) is 5.92 Å². The molecule has 0 aromatic heterocycles. The highest BCUT2D eigenvalue weighted by Crippen LogP contribution is 2.20. The summed E-state index contributed by atoms with van der Waals surface area (Å²) in [6.45, 7) is 9.10. The van der Waals surface area contributed by atoms with Gasteiger partial charge >= 0.3 is 0 Å². The average Bonchev–Trinajstić information content (AvgIpc) is 2.44. The summed E-state index contributed by atoms with van der Waals surface area (Å²) < 4.78 is 0. The van der Waals surface area contributed by atoms with Crippen molar-refractivity contribution in [1.29, 1.82) is 0 Å². The van der Waals surface area contributed by atoms with Crippen LogP contribution in [-0.2, 0) is 0 Å². The van der Waals surface area contributed by atoms with Gasteiger partial charge in [0.05, 0.1) is 6.61 Å².